The van der Waals surface area contributed by atoms with Crippen molar-refractivity contribution in [2.24, 2.45) is 11.8 Å². The molecule has 0 aliphatic carbocycles. The average Bonchev–Trinajstić information content (AvgIpc) is 3.19. The van der Waals surface area contributed by atoms with Crippen molar-refractivity contribution < 1.29 is 23.9 Å². The Bertz CT molecular complexity index is 811. The average molecular weight is 449 g/mol. The Labute approximate surface area is 188 Å². The van der Waals surface area contributed by atoms with Gasteiger partial charge in [0.1, 0.15) is 11.9 Å². The van der Waals surface area contributed by atoms with Gasteiger partial charge in [-0.15, -0.1) is 0 Å². The lowest BCUT2D eigenvalue weighted by molar-refractivity contribution is -0.140. The molecule has 2 aliphatic rings. The van der Waals surface area contributed by atoms with E-state index in [2.05, 4.69) is 10.2 Å². The summed E-state index contributed by atoms with van der Waals surface area (Å²) in [6.07, 6.45) is 0.789. The van der Waals surface area contributed by atoms with Crippen LogP contribution in [0.15, 0.2) is 24.3 Å². The molecule has 2 fully saturated rings. The standard InChI is InChI=1S/C23H33FN4O4/c1-3-16(2)21(23(32)27-10-8-26(9-11-27)12-13-29)25-22(31)17-14-20(30)28(15-17)19-6-4-18(24)5-7-19/h4-7,16-17,21,29H,3,8-15H2,1-2H3,(H,25,31)/t16-,17-,21-/m0/s1. The maximum Gasteiger partial charge on any atom is 0.245 e. The predicted octanol–water partition coefficient (Wildman–Crippen LogP) is 0.846. The summed E-state index contributed by atoms with van der Waals surface area (Å²) in [5.74, 6) is -1.60. The van der Waals surface area contributed by atoms with Crippen molar-refractivity contribution in [3.8, 4) is 0 Å². The molecular formula is C23H33FN4O4. The number of anilines is 1. The van der Waals surface area contributed by atoms with Gasteiger partial charge >= 0.3 is 0 Å². The number of β-amino-alcohol motifs (C(OH)–C–C–N with tert-alkyl or cyclic N) is 1. The first-order valence-corrected chi connectivity index (χ1v) is 11.3. The maximum atomic E-state index is 13.2. The third-order valence-electron chi connectivity index (χ3n) is 6.51. The molecule has 8 nitrogen and oxygen atoms in total. The summed E-state index contributed by atoms with van der Waals surface area (Å²) < 4.78 is 13.2. The summed E-state index contributed by atoms with van der Waals surface area (Å²) in [4.78, 5) is 44.1. The van der Waals surface area contributed by atoms with Gasteiger partial charge in [-0.05, 0) is 30.2 Å². The first-order chi connectivity index (χ1) is 15.3. The third kappa shape index (κ3) is 5.63. The minimum Gasteiger partial charge on any atom is -0.395 e. The van der Waals surface area contributed by atoms with Crippen LogP contribution in [0.2, 0.25) is 0 Å². The molecule has 2 heterocycles. The molecule has 0 radical (unpaired) electrons. The van der Waals surface area contributed by atoms with Crippen LogP contribution in [-0.4, -0.2) is 84.5 Å². The number of aliphatic hydroxyl groups excluding tert-OH is 1. The van der Waals surface area contributed by atoms with E-state index in [4.69, 9.17) is 5.11 Å². The molecule has 2 saturated heterocycles. The van der Waals surface area contributed by atoms with Gasteiger partial charge in [0.2, 0.25) is 17.7 Å². The zero-order valence-electron chi connectivity index (χ0n) is 18.8. The van der Waals surface area contributed by atoms with Gasteiger partial charge < -0.3 is 20.2 Å². The normalized spacial score (nSPS) is 21.5. The Morgan fingerprint density at radius 3 is 2.44 bits per heavy atom. The summed E-state index contributed by atoms with van der Waals surface area (Å²) in [7, 11) is 0. The molecule has 3 rings (SSSR count). The van der Waals surface area contributed by atoms with Crippen molar-refractivity contribution in [2.75, 3.05) is 50.8 Å². The highest BCUT2D eigenvalue weighted by Crippen LogP contribution is 2.26. The lowest BCUT2D eigenvalue weighted by atomic mass is 9.96. The molecule has 32 heavy (non-hydrogen) atoms. The van der Waals surface area contributed by atoms with E-state index in [1.165, 1.54) is 29.2 Å². The summed E-state index contributed by atoms with van der Waals surface area (Å²) in [5.41, 5.74) is 0.557. The van der Waals surface area contributed by atoms with E-state index < -0.39 is 12.0 Å². The van der Waals surface area contributed by atoms with Gasteiger partial charge in [0.05, 0.1) is 12.5 Å². The number of rotatable bonds is 8. The minimum atomic E-state index is -0.646. The first-order valence-electron chi connectivity index (χ1n) is 11.3. The van der Waals surface area contributed by atoms with Crippen molar-refractivity contribution in [2.45, 2.75) is 32.7 Å². The highest BCUT2D eigenvalue weighted by atomic mass is 19.1. The molecule has 2 N–H and O–H groups in total. The van der Waals surface area contributed by atoms with Crippen molar-refractivity contribution >= 4 is 23.4 Å². The maximum absolute atomic E-state index is 13.2. The molecule has 176 valence electrons. The molecule has 0 saturated carbocycles. The number of carbonyl (C=O) groups is 3. The summed E-state index contributed by atoms with van der Waals surface area (Å²) in [5, 5.41) is 12.0. The van der Waals surface area contributed by atoms with Crippen LogP contribution in [0.1, 0.15) is 26.7 Å². The fourth-order valence-electron chi connectivity index (χ4n) is 4.24. The van der Waals surface area contributed by atoms with Crippen molar-refractivity contribution in [1.82, 2.24) is 15.1 Å². The number of aliphatic hydroxyl groups is 1. The zero-order valence-corrected chi connectivity index (χ0v) is 18.8. The van der Waals surface area contributed by atoms with E-state index >= 15 is 0 Å². The van der Waals surface area contributed by atoms with Gasteiger partial charge in [-0.2, -0.15) is 0 Å². The number of amides is 3. The zero-order chi connectivity index (χ0) is 23.3. The predicted molar refractivity (Wildman–Crippen MR) is 118 cm³/mol. The number of nitrogens with one attached hydrogen (secondary N) is 1. The smallest absolute Gasteiger partial charge is 0.245 e. The highest BCUT2D eigenvalue weighted by Gasteiger charge is 2.38. The molecule has 1 aromatic carbocycles. The van der Waals surface area contributed by atoms with Crippen molar-refractivity contribution in [3.63, 3.8) is 0 Å². The molecule has 9 heteroatoms. The van der Waals surface area contributed by atoms with Crippen LogP contribution < -0.4 is 10.2 Å². The molecule has 0 unspecified atom stereocenters. The second-order valence-electron chi connectivity index (χ2n) is 8.64. The number of nitrogens with zero attached hydrogens (tertiary/aromatic N) is 3. The SMILES string of the molecule is CC[C@H](C)[C@H](NC(=O)[C@H]1CC(=O)N(c2ccc(F)cc2)C1)C(=O)N1CCN(CCO)CC1. The first kappa shape index (κ1) is 24.1. The topological polar surface area (TPSA) is 93.2 Å². The van der Waals surface area contributed by atoms with E-state index in [0.717, 1.165) is 6.42 Å². The number of benzene rings is 1. The highest BCUT2D eigenvalue weighted by molar-refractivity contribution is 6.01. The van der Waals surface area contributed by atoms with Crippen LogP contribution in [0.5, 0.6) is 0 Å². The molecule has 2 aliphatic heterocycles. The van der Waals surface area contributed by atoms with Gasteiger partial charge in [0, 0.05) is 51.4 Å². The Kier molecular flexibility index (Phi) is 8.20. The summed E-state index contributed by atoms with van der Waals surface area (Å²) in [6.45, 7) is 7.30. The van der Waals surface area contributed by atoms with Crippen molar-refractivity contribution in [3.05, 3.63) is 30.1 Å². The molecule has 3 amide bonds. The Balaban J connectivity index is 1.63. The number of hydrogen-bond donors (Lipinski definition) is 2. The van der Waals surface area contributed by atoms with E-state index in [1.54, 1.807) is 4.90 Å². The second-order valence-corrected chi connectivity index (χ2v) is 8.64. The number of halogens is 1. The lowest BCUT2D eigenvalue weighted by Crippen LogP contribution is -2.57. The molecule has 3 atom stereocenters. The van der Waals surface area contributed by atoms with Crippen LogP contribution in [0.25, 0.3) is 0 Å². The molecular weight excluding hydrogens is 415 g/mol. The van der Waals surface area contributed by atoms with E-state index in [0.29, 0.717) is 38.4 Å². The van der Waals surface area contributed by atoms with E-state index in [9.17, 15) is 18.8 Å². The van der Waals surface area contributed by atoms with Crippen molar-refractivity contribution in [1.29, 1.82) is 0 Å². The second kappa shape index (κ2) is 10.9. The van der Waals surface area contributed by atoms with Gasteiger partial charge in [0.15, 0.2) is 0 Å². The molecule has 1 aromatic rings. The number of carbonyl (C=O) groups excluding carboxylic acids is 3. The molecule has 0 spiro atoms. The molecule has 0 aromatic heterocycles. The quantitative estimate of drug-likeness (QED) is 0.615. The van der Waals surface area contributed by atoms with Gasteiger partial charge in [0.25, 0.3) is 0 Å². The monoisotopic (exact) mass is 448 g/mol. The fourth-order valence-corrected chi connectivity index (χ4v) is 4.24. The Morgan fingerprint density at radius 1 is 1.19 bits per heavy atom. The summed E-state index contributed by atoms with van der Waals surface area (Å²) in [6, 6.07) is 4.97. The molecule has 0 bridgehead atoms. The third-order valence-corrected chi connectivity index (χ3v) is 6.51. The lowest BCUT2D eigenvalue weighted by Gasteiger charge is -2.37. The van der Waals surface area contributed by atoms with Crippen LogP contribution in [0.4, 0.5) is 10.1 Å². The minimum absolute atomic E-state index is 0.0489. The van der Waals surface area contributed by atoms with Crippen LogP contribution in [-0.2, 0) is 14.4 Å². The fraction of sp³-hybridized carbons (Fsp3) is 0.609. The Hall–Kier alpha value is -2.52. The van der Waals surface area contributed by atoms with Crippen LogP contribution >= 0.6 is 0 Å². The Morgan fingerprint density at radius 2 is 1.84 bits per heavy atom. The van der Waals surface area contributed by atoms with E-state index in [-0.39, 0.29) is 49.0 Å². The number of hydrogen-bond acceptors (Lipinski definition) is 5. The largest absolute Gasteiger partial charge is 0.395 e. The van der Waals surface area contributed by atoms with Gasteiger partial charge in [-0.3, -0.25) is 19.3 Å². The van der Waals surface area contributed by atoms with Gasteiger partial charge in [-0.25, -0.2) is 4.39 Å². The van der Waals surface area contributed by atoms with E-state index in [1.807, 2.05) is 13.8 Å². The van der Waals surface area contributed by atoms with Gasteiger partial charge in [-0.1, -0.05) is 20.3 Å². The van der Waals surface area contributed by atoms with Crippen LogP contribution in [0, 0.1) is 17.7 Å². The summed E-state index contributed by atoms with van der Waals surface area (Å²) >= 11 is 0. The van der Waals surface area contributed by atoms with Crippen LogP contribution in [0.3, 0.4) is 0 Å². The number of piperazine rings is 1.